The summed E-state index contributed by atoms with van der Waals surface area (Å²) in [7, 11) is 0. The maximum absolute atomic E-state index is 13.1. The van der Waals surface area contributed by atoms with E-state index in [0.29, 0.717) is 28.0 Å². The van der Waals surface area contributed by atoms with Crippen molar-refractivity contribution in [3.05, 3.63) is 92.9 Å². The van der Waals surface area contributed by atoms with Crippen molar-refractivity contribution in [2.24, 2.45) is 0 Å². The predicted molar refractivity (Wildman–Crippen MR) is 133 cm³/mol. The smallest absolute Gasteiger partial charge is 0.336 e. The van der Waals surface area contributed by atoms with Gasteiger partial charge in [-0.2, -0.15) is 0 Å². The van der Waals surface area contributed by atoms with Crippen molar-refractivity contribution >= 4 is 44.3 Å². The zero-order chi connectivity index (χ0) is 23.1. The summed E-state index contributed by atoms with van der Waals surface area (Å²) in [6.07, 6.45) is 0. The fourth-order valence-electron chi connectivity index (χ4n) is 4.43. The van der Waals surface area contributed by atoms with E-state index in [1.54, 1.807) is 19.1 Å². The Labute approximate surface area is 199 Å². The molecular formula is C26H21NO4S2. The molecule has 5 nitrogen and oxygen atoms in total. The first-order valence-corrected chi connectivity index (χ1v) is 12.5. The van der Waals surface area contributed by atoms with Gasteiger partial charge in [0.1, 0.15) is 0 Å². The third-order valence-electron chi connectivity index (χ3n) is 5.86. The number of carbonyl (C=O) groups excluding carboxylic acids is 2. The summed E-state index contributed by atoms with van der Waals surface area (Å²) in [5.41, 5.74) is 4.14. The molecule has 0 aliphatic carbocycles. The molecule has 0 bridgehead atoms. The van der Waals surface area contributed by atoms with Crippen LogP contribution < -0.4 is 10.7 Å². The van der Waals surface area contributed by atoms with Crippen LogP contribution in [0, 0.1) is 0 Å². The normalized spacial score (nSPS) is 17.9. The van der Waals surface area contributed by atoms with Gasteiger partial charge in [0, 0.05) is 43.7 Å². The Bertz CT molecular complexity index is 1420. The van der Waals surface area contributed by atoms with Crippen molar-refractivity contribution in [2.75, 3.05) is 12.4 Å². The van der Waals surface area contributed by atoms with Crippen LogP contribution in [0.1, 0.15) is 25.3 Å². The molecule has 1 aromatic heterocycles. The number of rotatable bonds is 4. The average Bonchev–Trinajstić information content (AvgIpc) is 3.18. The first-order chi connectivity index (χ1) is 16.0. The van der Waals surface area contributed by atoms with Crippen LogP contribution in [0.15, 0.2) is 81.9 Å². The maximum Gasteiger partial charge on any atom is 0.336 e. The molecule has 33 heavy (non-hydrogen) atoms. The number of carbonyl (C=O) groups is 2. The molecule has 0 fully saturated rings. The van der Waals surface area contributed by atoms with E-state index >= 15 is 0 Å². The van der Waals surface area contributed by atoms with Gasteiger partial charge in [0.05, 0.1) is 18.1 Å². The molecule has 2 aliphatic rings. The van der Waals surface area contributed by atoms with Crippen LogP contribution >= 0.6 is 23.1 Å². The van der Waals surface area contributed by atoms with E-state index in [9.17, 15) is 14.4 Å². The van der Waals surface area contributed by atoms with E-state index in [1.165, 1.54) is 23.1 Å². The molecular weight excluding hydrogens is 454 g/mol. The topological polar surface area (TPSA) is 72.5 Å². The Morgan fingerprint density at radius 3 is 2.67 bits per heavy atom. The van der Waals surface area contributed by atoms with Crippen LogP contribution in [0.5, 0.6) is 0 Å². The van der Waals surface area contributed by atoms with Crippen LogP contribution in [0.4, 0.5) is 0 Å². The highest BCUT2D eigenvalue weighted by Gasteiger charge is 2.41. The Morgan fingerprint density at radius 1 is 1.12 bits per heavy atom. The van der Waals surface area contributed by atoms with Gasteiger partial charge in [-0.05, 0) is 31.0 Å². The van der Waals surface area contributed by atoms with Crippen LogP contribution in [0.25, 0.3) is 20.5 Å². The lowest BCUT2D eigenvalue weighted by atomic mass is 9.80. The third-order valence-corrected chi connectivity index (χ3v) is 8.01. The van der Waals surface area contributed by atoms with E-state index < -0.39 is 11.9 Å². The lowest BCUT2D eigenvalue weighted by Gasteiger charge is -2.29. The minimum atomic E-state index is -0.590. The maximum atomic E-state index is 13.1. The Kier molecular flexibility index (Phi) is 5.68. The summed E-state index contributed by atoms with van der Waals surface area (Å²) < 4.78 is 6.16. The molecule has 0 spiro atoms. The fourth-order valence-corrected chi connectivity index (χ4v) is 6.55. The van der Waals surface area contributed by atoms with Gasteiger partial charge in [-0.3, -0.25) is 9.59 Å². The number of hydrogen-bond acceptors (Lipinski definition) is 7. The van der Waals surface area contributed by atoms with E-state index in [0.717, 1.165) is 26.4 Å². The molecule has 5 rings (SSSR count). The molecule has 2 aliphatic heterocycles. The summed E-state index contributed by atoms with van der Waals surface area (Å²) in [4.78, 5) is 39.9. The van der Waals surface area contributed by atoms with Gasteiger partial charge in [0.25, 0.3) is 0 Å². The predicted octanol–water partition coefficient (Wildman–Crippen LogP) is 4.98. The van der Waals surface area contributed by atoms with Gasteiger partial charge in [0.2, 0.25) is 5.12 Å². The second-order valence-corrected chi connectivity index (χ2v) is 9.85. The van der Waals surface area contributed by atoms with E-state index in [4.69, 9.17) is 4.74 Å². The second-order valence-electron chi connectivity index (χ2n) is 7.85. The van der Waals surface area contributed by atoms with Crippen molar-refractivity contribution in [2.45, 2.75) is 19.8 Å². The van der Waals surface area contributed by atoms with Crippen LogP contribution in [0.2, 0.25) is 0 Å². The van der Waals surface area contributed by atoms with Crippen LogP contribution in [0.3, 0.4) is 0 Å². The molecule has 0 saturated heterocycles. The molecule has 0 amide bonds. The highest BCUT2D eigenvalue weighted by Crippen LogP contribution is 2.47. The lowest BCUT2D eigenvalue weighted by molar-refractivity contribution is -0.138. The van der Waals surface area contributed by atoms with Crippen molar-refractivity contribution < 1.29 is 14.3 Å². The molecule has 3 aromatic rings. The number of ether oxygens (including phenoxy) is 1. The van der Waals surface area contributed by atoms with Gasteiger partial charge in [-0.25, -0.2) is 4.79 Å². The van der Waals surface area contributed by atoms with Crippen molar-refractivity contribution in [1.82, 2.24) is 5.32 Å². The molecule has 7 heteroatoms. The zero-order valence-corrected chi connectivity index (χ0v) is 19.8. The first-order valence-electron chi connectivity index (χ1n) is 10.7. The molecule has 1 atom stereocenters. The molecule has 1 N–H and O–H groups in total. The number of thioether (sulfide) groups is 1. The van der Waals surface area contributed by atoms with Crippen molar-refractivity contribution in [3.63, 3.8) is 0 Å². The van der Waals surface area contributed by atoms with E-state index in [1.807, 2.05) is 49.4 Å². The number of fused-ring (bicyclic) bond motifs is 1. The average molecular weight is 476 g/mol. The summed E-state index contributed by atoms with van der Waals surface area (Å²) in [5.74, 6) is -0.505. The number of esters is 1. The molecule has 1 unspecified atom stereocenters. The van der Waals surface area contributed by atoms with Crippen molar-refractivity contribution in [1.29, 1.82) is 0 Å². The molecule has 0 radical (unpaired) electrons. The SMILES string of the molecule is CCOC(=O)C1=C(C)NC2=C(C(=O)SC2)C1c1cccc2c(=O)cc(-c3ccccc3)sc12. The van der Waals surface area contributed by atoms with Gasteiger partial charge in [-0.1, -0.05) is 54.2 Å². The van der Waals surface area contributed by atoms with Gasteiger partial charge in [-0.15, -0.1) is 11.3 Å². The van der Waals surface area contributed by atoms with E-state index in [2.05, 4.69) is 5.32 Å². The molecule has 166 valence electrons. The zero-order valence-electron chi connectivity index (χ0n) is 18.1. The van der Waals surface area contributed by atoms with Crippen molar-refractivity contribution in [3.8, 4) is 10.4 Å². The number of benzene rings is 2. The molecule has 2 aromatic carbocycles. The number of hydrogen-bond donors (Lipinski definition) is 1. The molecule has 3 heterocycles. The monoisotopic (exact) mass is 475 g/mol. The lowest BCUT2D eigenvalue weighted by Crippen LogP contribution is -2.30. The Morgan fingerprint density at radius 2 is 1.91 bits per heavy atom. The molecule has 0 saturated carbocycles. The summed E-state index contributed by atoms with van der Waals surface area (Å²) in [5, 5.41) is 3.78. The Hall–Kier alpha value is -3.16. The fraction of sp³-hybridized carbons (Fsp3) is 0.192. The number of nitrogens with one attached hydrogen (secondary N) is 1. The summed E-state index contributed by atoms with van der Waals surface area (Å²) >= 11 is 2.73. The minimum Gasteiger partial charge on any atom is -0.463 e. The minimum absolute atomic E-state index is 0.0552. The van der Waals surface area contributed by atoms with Gasteiger partial charge in [0.15, 0.2) is 5.43 Å². The Balaban J connectivity index is 1.79. The van der Waals surface area contributed by atoms with Gasteiger partial charge < -0.3 is 10.1 Å². The van der Waals surface area contributed by atoms with Crippen LogP contribution in [-0.4, -0.2) is 23.4 Å². The largest absolute Gasteiger partial charge is 0.463 e. The highest BCUT2D eigenvalue weighted by molar-refractivity contribution is 8.14. The van der Waals surface area contributed by atoms with E-state index in [-0.39, 0.29) is 17.2 Å². The quantitative estimate of drug-likeness (QED) is 0.537. The van der Waals surface area contributed by atoms with Gasteiger partial charge >= 0.3 is 5.97 Å². The van der Waals surface area contributed by atoms with Crippen LogP contribution in [-0.2, 0) is 14.3 Å². The highest BCUT2D eigenvalue weighted by atomic mass is 32.2. The number of dihydropyridines is 1. The summed E-state index contributed by atoms with van der Waals surface area (Å²) in [6, 6.07) is 16.9. The first kappa shape index (κ1) is 21.7. The second kappa shape index (κ2) is 8.65. The third kappa shape index (κ3) is 3.71. The standard InChI is InChI=1S/C26H21NO4S2/c1-3-31-25(29)21-14(2)27-18-13-32-26(30)23(18)22(21)17-11-7-10-16-19(28)12-20(33-24(16)17)15-8-5-4-6-9-15/h4-12,22,27H,3,13H2,1-2H3. The summed E-state index contributed by atoms with van der Waals surface area (Å²) in [6.45, 7) is 3.83. The number of allylic oxidation sites excluding steroid dienone is 1.